The molecular formula is C19H19Cl2NO2. The molecule has 2 unspecified atom stereocenters. The normalized spacial score (nSPS) is 19.8. The van der Waals surface area contributed by atoms with Crippen molar-refractivity contribution in [2.75, 3.05) is 6.54 Å². The van der Waals surface area contributed by atoms with Crippen molar-refractivity contribution in [2.24, 2.45) is 0 Å². The molecule has 3 nitrogen and oxygen atoms in total. The van der Waals surface area contributed by atoms with Crippen LogP contribution in [-0.4, -0.2) is 28.6 Å². The Labute approximate surface area is 151 Å². The van der Waals surface area contributed by atoms with E-state index < -0.39 is 12.0 Å². The fourth-order valence-electron chi connectivity index (χ4n) is 3.44. The lowest BCUT2D eigenvalue weighted by Gasteiger charge is -2.40. The zero-order valence-corrected chi connectivity index (χ0v) is 14.7. The first kappa shape index (κ1) is 17.3. The predicted molar refractivity (Wildman–Crippen MR) is 96.7 cm³/mol. The first-order valence-electron chi connectivity index (χ1n) is 8.07. The largest absolute Gasteiger partial charge is 0.480 e. The lowest BCUT2D eigenvalue weighted by Crippen LogP contribution is -2.46. The topological polar surface area (TPSA) is 40.5 Å². The number of carbonyl (C=O) groups is 1. The van der Waals surface area contributed by atoms with Gasteiger partial charge in [0.25, 0.3) is 0 Å². The van der Waals surface area contributed by atoms with E-state index >= 15 is 0 Å². The third kappa shape index (κ3) is 3.44. The van der Waals surface area contributed by atoms with Crippen LogP contribution in [0.4, 0.5) is 0 Å². The Morgan fingerprint density at radius 3 is 2.54 bits per heavy atom. The van der Waals surface area contributed by atoms with Gasteiger partial charge in [-0.2, -0.15) is 0 Å². The van der Waals surface area contributed by atoms with Gasteiger partial charge in [0, 0.05) is 0 Å². The molecule has 1 N–H and O–H groups in total. The first-order chi connectivity index (χ1) is 11.6. The van der Waals surface area contributed by atoms with E-state index in [2.05, 4.69) is 0 Å². The van der Waals surface area contributed by atoms with E-state index in [1.165, 1.54) is 0 Å². The Hall–Kier alpha value is -1.55. The maximum absolute atomic E-state index is 11.8. The SMILES string of the molecule is O=C(O)C1CCCCN1C(c1ccccc1)c1cccc(Cl)c1Cl. The molecular weight excluding hydrogens is 345 g/mol. The van der Waals surface area contributed by atoms with Gasteiger partial charge in [-0.3, -0.25) is 9.69 Å². The van der Waals surface area contributed by atoms with E-state index in [1.54, 1.807) is 6.07 Å². The van der Waals surface area contributed by atoms with Gasteiger partial charge in [0.2, 0.25) is 0 Å². The van der Waals surface area contributed by atoms with Gasteiger partial charge in [0.05, 0.1) is 16.1 Å². The van der Waals surface area contributed by atoms with Gasteiger partial charge in [0.1, 0.15) is 6.04 Å². The minimum atomic E-state index is -0.784. The Kier molecular flexibility index (Phi) is 5.44. The first-order valence-corrected chi connectivity index (χ1v) is 8.82. The monoisotopic (exact) mass is 363 g/mol. The number of aliphatic carboxylic acids is 1. The predicted octanol–water partition coefficient (Wildman–Crippen LogP) is 5.02. The molecule has 0 amide bonds. The number of likely N-dealkylation sites (tertiary alicyclic amines) is 1. The molecule has 0 saturated carbocycles. The van der Waals surface area contributed by atoms with Crippen molar-refractivity contribution in [2.45, 2.75) is 31.3 Å². The molecule has 2 atom stereocenters. The smallest absolute Gasteiger partial charge is 0.320 e. The molecule has 0 aliphatic carbocycles. The molecule has 24 heavy (non-hydrogen) atoms. The highest BCUT2D eigenvalue weighted by molar-refractivity contribution is 6.42. The quantitative estimate of drug-likeness (QED) is 0.828. The number of hydrogen-bond donors (Lipinski definition) is 1. The number of nitrogens with zero attached hydrogens (tertiary/aromatic N) is 1. The van der Waals surface area contributed by atoms with Crippen LogP contribution < -0.4 is 0 Å². The molecule has 126 valence electrons. The number of benzene rings is 2. The summed E-state index contributed by atoms with van der Waals surface area (Å²) in [6, 6.07) is 14.7. The number of rotatable bonds is 4. The van der Waals surface area contributed by atoms with Crippen LogP contribution in [0.15, 0.2) is 48.5 Å². The molecule has 1 saturated heterocycles. The van der Waals surface area contributed by atoms with Crippen LogP contribution >= 0.6 is 23.2 Å². The molecule has 0 aromatic heterocycles. The Morgan fingerprint density at radius 1 is 1.08 bits per heavy atom. The third-order valence-electron chi connectivity index (χ3n) is 4.55. The van der Waals surface area contributed by atoms with Gasteiger partial charge >= 0.3 is 5.97 Å². The van der Waals surface area contributed by atoms with Gasteiger partial charge in [-0.05, 0) is 36.6 Å². The van der Waals surface area contributed by atoms with Crippen LogP contribution in [0.5, 0.6) is 0 Å². The lowest BCUT2D eigenvalue weighted by molar-refractivity contribution is -0.145. The fraction of sp³-hybridized carbons (Fsp3) is 0.316. The van der Waals surface area contributed by atoms with Crippen LogP contribution in [0.2, 0.25) is 10.0 Å². The molecule has 1 aliphatic heterocycles. The molecule has 0 radical (unpaired) electrons. The molecule has 2 aromatic carbocycles. The van der Waals surface area contributed by atoms with Crippen LogP contribution in [0.1, 0.15) is 36.4 Å². The van der Waals surface area contributed by atoms with Crippen LogP contribution in [-0.2, 0) is 4.79 Å². The Morgan fingerprint density at radius 2 is 1.83 bits per heavy atom. The van der Waals surface area contributed by atoms with Crippen molar-refractivity contribution in [1.82, 2.24) is 4.90 Å². The summed E-state index contributed by atoms with van der Waals surface area (Å²) in [6.45, 7) is 0.722. The second-order valence-electron chi connectivity index (χ2n) is 6.04. The Balaban J connectivity index is 2.12. The van der Waals surface area contributed by atoms with Gasteiger partial charge in [-0.15, -0.1) is 0 Å². The summed E-state index contributed by atoms with van der Waals surface area (Å²) in [7, 11) is 0. The maximum Gasteiger partial charge on any atom is 0.320 e. The molecule has 3 rings (SSSR count). The summed E-state index contributed by atoms with van der Waals surface area (Å²) < 4.78 is 0. The minimum absolute atomic E-state index is 0.223. The van der Waals surface area contributed by atoms with Crippen LogP contribution in [0, 0.1) is 0 Å². The molecule has 1 fully saturated rings. The standard InChI is InChI=1S/C19H19Cl2NO2/c20-15-10-6-9-14(17(15)21)18(13-7-2-1-3-8-13)22-12-5-4-11-16(22)19(23)24/h1-3,6-10,16,18H,4-5,11-12H2,(H,23,24). The van der Waals surface area contributed by atoms with Gasteiger partial charge in [-0.1, -0.05) is 72.1 Å². The summed E-state index contributed by atoms with van der Waals surface area (Å²) in [5, 5.41) is 10.6. The van der Waals surface area contributed by atoms with Crippen LogP contribution in [0.25, 0.3) is 0 Å². The zero-order chi connectivity index (χ0) is 17.1. The second-order valence-corrected chi connectivity index (χ2v) is 6.83. The van der Waals surface area contributed by atoms with E-state index in [9.17, 15) is 9.90 Å². The molecule has 1 heterocycles. The van der Waals surface area contributed by atoms with E-state index in [0.717, 1.165) is 30.5 Å². The molecule has 0 bridgehead atoms. The second kappa shape index (κ2) is 7.56. The summed E-state index contributed by atoms with van der Waals surface area (Å²) in [4.78, 5) is 13.8. The molecule has 1 aliphatic rings. The van der Waals surface area contributed by atoms with E-state index in [-0.39, 0.29) is 6.04 Å². The van der Waals surface area contributed by atoms with Gasteiger partial charge < -0.3 is 5.11 Å². The number of piperidine rings is 1. The van der Waals surface area contributed by atoms with Crippen molar-refractivity contribution in [3.05, 3.63) is 69.7 Å². The summed E-state index contributed by atoms with van der Waals surface area (Å²) >= 11 is 12.7. The van der Waals surface area contributed by atoms with Gasteiger partial charge in [0.15, 0.2) is 0 Å². The highest BCUT2D eigenvalue weighted by Gasteiger charge is 2.36. The molecule has 2 aromatic rings. The summed E-state index contributed by atoms with van der Waals surface area (Å²) in [6.07, 6.45) is 2.56. The lowest BCUT2D eigenvalue weighted by atomic mass is 9.91. The number of carboxylic acid groups (broad SMARTS) is 1. The number of halogens is 2. The average Bonchev–Trinajstić information content (AvgIpc) is 2.60. The number of carboxylic acids is 1. The van der Waals surface area contributed by atoms with E-state index in [1.807, 2.05) is 47.4 Å². The minimum Gasteiger partial charge on any atom is -0.480 e. The summed E-state index contributed by atoms with van der Waals surface area (Å²) in [5.74, 6) is -0.784. The van der Waals surface area contributed by atoms with Crippen molar-refractivity contribution >= 4 is 29.2 Å². The summed E-state index contributed by atoms with van der Waals surface area (Å²) in [5.41, 5.74) is 1.87. The zero-order valence-electron chi connectivity index (χ0n) is 13.2. The Bertz CT molecular complexity index is 721. The van der Waals surface area contributed by atoms with E-state index in [4.69, 9.17) is 23.2 Å². The van der Waals surface area contributed by atoms with Crippen molar-refractivity contribution in [3.8, 4) is 0 Å². The fourth-order valence-corrected chi connectivity index (χ4v) is 3.86. The van der Waals surface area contributed by atoms with Crippen molar-refractivity contribution in [1.29, 1.82) is 0 Å². The average molecular weight is 364 g/mol. The third-order valence-corrected chi connectivity index (χ3v) is 5.39. The van der Waals surface area contributed by atoms with E-state index in [0.29, 0.717) is 16.5 Å². The molecule has 0 spiro atoms. The van der Waals surface area contributed by atoms with Crippen molar-refractivity contribution in [3.63, 3.8) is 0 Å². The molecule has 5 heteroatoms. The van der Waals surface area contributed by atoms with Crippen LogP contribution in [0.3, 0.4) is 0 Å². The van der Waals surface area contributed by atoms with Gasteiger partial charge in [-0.25, -0.2) is 0 Å². The maximum atomic E-state index is 11.8. The van der Waals surface area contributed by atoms with Crippen molar-refractivity contribution < 1.29 is 9.90 Å². The number of hydrogen-bond acceptors (Lipinski definition) is 2. The highest BCUT2D eigenvalue weighted by atomic mass is 35.5. The highest BCUT2D eigenvalue weighted by Crippen LogP contribution is 2.39.